The van der Waals surface area contributed by atoms with Crippen LogP contribution in [0.1, 0.15) is 31.2 Å². The standard InChI is InChI=1S/C12H14FN3O/c1-8-10-6-9(13)7-14-12(10)16(15-8)11-4-2-3-5-17-11/h6-7,11H,2-5H2,1H3. The van der Waals surface area contributed by atoms with Crippen LogP contribution in [0.2, 0.25) is 0 Å². The third kappa shape index (κ3) is 1.80. The normalized spacial score (nSPS) is 20.9. The van der Waals surface area contributed by atoms with Gasteiger partial charge < -0.3 is 4.74 Å². The van der Waals surface area contributed by atoms with Crippen molar-refractivity contribution in [3.05, 3.63) is 23.8 Å². The first-order valence-electron chi connectivity index (χ1n) is 5.87. The van der Waals surface area contributed by atoms with Gasteiger partial charge in [-0.25, -0.2) is 14.1 Å². The molecule has 3 rings (SSSR count). The molecule has 1 saturated heterocycles. The van der Waals surface area contributed by atoms with Crippen LogP contribution in [-0.4, -0.2) is 21.4 Å². The second kappa shape index (κ2) is 4.07. The summed E-state index contributed by atoms with van der Waals surface area (Å²) in [5.41, 5.74) is 1.50. The van der Waals surface area contributed by atoms with Gasteiger partial charge in [0.05, 0.1) is 11.9 Å². The highest BCUT2D eigenvalue weighted by molar-refractivity contribution is 5.77. The van der Waals surface area contributed by atoms with Crippen molar-refractivity contribution in [2.75, 3.05) is 6.61 Å². The van der Waals surface area contributed by atoms with E-state index in [-0.39, 0.29) is 12.0 Å². The number of hydrogen-bond donors (Lipinski definition) is 0. The minimum atomic E-state index is -0.329. The van der Waals surface area contributed by atoms with Gasteiger partial charge in [0.25, 0.3) is 0 Å². The Balaban J connectivity index is 2.10. The lowest BCUT2D eigenvalue weighted by Gasteiger charge is -2.22. The molecule has 3 heterocycles. The fraction of sp³-hybridized carbons (Fsp3) is 0.500. The van der Waals surface area contributed by atoms with Gasteiger partial charge in [0.15, 0.2) is 11.9 Å². The first kappa shape index (κ1) is 10.7. The Labute approximate surface area is 98.4 Å². The van der Waals surface area contributed by atoms with Gasteiger partial charge in [-0.05, 0) is 32.3 Å². The molecule has 0 bridgehead atoms. The number of pyridine rings is 1. The Bertz CT molecular complexity index is 546. The average molecular weight is 235 g/mol. The zero-order valence-electron chi connectivity index (χ0n) is 9.69. The van der Waals surface area contributed by atoms with Crippen LogP contribution in [0, 0.1) is 12.7 Å². The van der Waals surface area contributed by atoms with Crippen LogP contribution in [0.15, 0.2) is 12.3 Å². The van der Waals surface area contributed by atoms with E-state index in [4.69, 9.17) is 4.74 Å². The molecular formula is C12H14FN3O. The second-order valence-corrected chi connectivity index (χ2v) is 4.38. The Morgan fingerprint density at radius 3 is 3.12 bits per heavy atom. The lowest BCUT2D eigenvalue weighted by atomic mass is 10.2. The maximum atomic E-state index is 13.1. The molecule has 4 nitrogen and oxygen atoms in total. The molecule has 0 saturated carbocycles. The highest BCUT2D eigenvalue weighted by atomic mass is 19.1. The van der Waals surface area contributed by atoms with Crippen LogP contribution < -0.4 is 0 Å². The van der Waals surface area contributed by atoms with Crippen molar-refractivity contribution in [2.24, 2.45) is 0 Å². The lowest BCUT2D eigenvalue weighted by Crippen LogP contribution is -2.19. The molecular weight excluding hydrogens is 221 g/mol. The van der Waals surface area contributed by atoms with E-state index < -0.39 is 0 Å². The topological polar surface area (TPSA) is 39.9 Å². The van der Waals surface area contributed by atoms with Gasteiger partial charge in [-0.3, -0.25) is 0 Å². The van der Waals surface area contributed by atoms with Crippen molar-refractivity contribution in [1.82, 2.24) is 14.8 Å². The van der Waals surface area contributed by atoms with E-state index >= 15 is 0 Å². The minimum absolute atomic E-state index is 0.0575. The highest BCUT2D eigenvalue weighted by Gasteiger charge is 2.20. The lowest BCUT2D eigenvalue weighted by molar-refractivity contribution is -0.0371. The van der Waals surface area contributed by atoms with Crippen LogP contribution in [0.5, 0.6) is 0 Å². The molecule has 0 amide bonds. The Hall–Kier alpha value is -1.49. The Morgan fingerprint density at radius 2 is 2.35 bits per heavy atom. The zero-order valence-corrected chi connectivity index (χ0v) is 9.69. The third-order valence-corrected chi connectivity index (χ3v) is 3.13. The van der Waals surface area contributed by atoms with E-state index in [1.807, 2.05) is 6.92 Å². The van der Waals surface area contributed by atoms with E-state index in [0.29, 0.717) is 5.65 Å². The quantitative estimate of drug-likeness (QED) is 0.762. The smallest absolute Gasteiger partial charge is 0.160 e. The van der Waals surface area contributed by atoms with Gasteiger partial charge in [-0.2, -0.15) is 5.10 Å². The van der Waals surface area contributed by atoms with Crippen molar-refractivity contribution in [3.63, 3.8) is 0 Å². The first-order chi connectivity index (χ1) is 8.25. The molecule has 0 spiro atoms. The van der Waals surface area contributed by atoms with E-state index in [9.17, 15) is 4.39 Å². The molecule has 0 aromatic carbocycles. The summed E-state index contributed by atoms with van der Waals surface area (Å²) >= 11 is 0. The molecule has 2 aromatic heterocycles. The van der Waals surface area contributed by atoms with Crippen LogP contribution in [-0.2, 0) is 4.74 Å². The molecule has 1 atom stereocenters. The molecule has 2 aromatic rings. The molecule has 1 aliphatic heterocycles. The molecule has 5 heteroatoms. The second-order valence-electron chi connectivity index (χ2n) is 4.38. The minimum Gasteiger partial charge on any atom is -0.356 e. The number of hydrogen-bond acceptors (Lipinski definition) is 3. The van der Waals surface area contributed by atoms with Gasteiger partial charge in [0.2, 0.25) is 0 Å². The van der Waals surface area contributed by atoms with Gasteiger partial charge in [0, 0.05) is 12.0 Å². The fourth-order valence-electron chi connectivity index (χ4n) is 2.26. The average Bonchev–Trinajstić information content (AvgIpc) is 2.68. The number of aryl methyl sites for hydroxylation is 1. The summed E-state index contributed by atoms with van der Waals surface area (Å²) in [7, 11) is 0. The summed E-state index contributed by atoms with van der Waals surface area (Å²) in [6, 6.07) is 1.48. The predicted octanol–water partition coefficient (Wildman–Crippen LogP) is 2.58. The van der Waals surface area contributed by atoms with Gasteiger partial charge in [-0.1, -0.05) is 0 Å². The van der Waals surface area contributed by atoms with Crippen LogP contribution in [0.4, 0.5) is 4.39 Å². The summed E-state index contributed by atoms with van der Waals surface area (Å²) in [4.78, 5) is 4.12. The maximum Gasteiger partial charge on any atom is 0.160 e. The number of rotatable bonds is 1. The third-order valence-electron chi connectivity index (χ3n) is 3.13. The van der Waals surface area contributed by atoms with Crippen molar-refractivity contribution >= 4 is 11.0 Å². The Morgan fingerprint density at radius 1 is 1.47 bits per heavy atom. The predicted molar refractivity (Wildman–Crippen MR) is 61.1 cm³/mol. The van der Waals surface area contributed by atoms with E-state index in [1.165, 1.54) is 12.3 Å². The van der Waals surface area contributed by atoms with Crippen molar-refractivity contribution in [1.29, 1.82) is 0 Å². The monoisotopic (exact) mass is 235 g/mol. The highest BCUT2D eigenvalue weighted by Crippen LogP contribution is 2.26. The van der Waals surface area contributed by atoms with Gasteiger partial charge in [0.1, 0.15) is 5.82 Å². The number of halogens is 1. The van der Waals surface area contributed by atoms with Gasteiger partial charge >= 0.3 is 0 Å². The Kier molecular flexibility index (Phi) is 2.55. The zero-order chi connectivity index (χ0) is 11.8. The van der Waals surface area contributed by atoms with Crippen molar-refractivity contribution < 1.29 is 9.13 Å². The molecule has 1 fully saturated rings. The molecule has 0 aliphatic carbocycles. The number of ether oxygens (including phenoxy) is 1. The van der Waals surface area contributed by atoms with E-state index in [2.05, 4.69) is 10.1 Å². The molecule has 90 valence electrons. The number of nitrogens with zero attached hydrogens (tertiary/aromatic N) is 3. The summed E-state index contributed by atoms with van der Waals surface area (Å²) < 4.78 is 20.6. The fourth-order valence-corrected chi connectivity index (χ4v) is 2.26. The van der Waals surface area contributed by atoms with E-state index in [1.54, 1.807) is 4.68 Å². The summed E-state index contributed by atoms with van der Waals surface area (Å²) in [5.74, 6) is -0.329. The summed E-state index contributed by atoms with van der Waals surface area (Å²) in [5, 5.41) is 5.18. The van der Waals surface area contributed by atoms with E-state index in [0.717, 1.165) is 36.9 Å². The maximum absolute atomic E-state index is 13.1. The van der Waals surface area contributed by atoms with Crippen LogP contribution in [0.3, 0.4) is 0 Å². The van der Waals surface area contributed by atoms with Crippen molar-refractivity contribution in [3.8, 4) is 0 Å². The van der Waals surface area contributed by atoms with Crippen molar-refractivity contribution in [2.45, 2.75) is 32.4 Å². The summed E-state index contributed by atoms with van der Waals surface area (Å²) in [6.07, 6.45) is 4.33. The molecule has 0 radical (unpaired) electrons. The largest absolute Gasteiger partial charge is 0.356 e. The molecule has 1 aliphatic rings. The van der Waals surface area contributed by atoms with Crippen LogP contribution >= 0.6 is 0 Å². The van der Waals surface area contributed by atoms with Gasteiger partial charge in [-0.15, -0.1) is 0 Å². The number of fused-ring (bicyclic) bond motifs is 1. The first-order valence-corrected chi connectivity index (χ1v) is 5.87. The number of aromatic nitrogens is 3. The summed E-state index contributed by atoms with van der Waals surface area (Å²) in [6.45, 7) is 2.62. The molecule has 1 unspecified atom stereocenters. The molecule has 17 heavy (non-hydrogen) atoms. The van der Waals surface area contributed by atoms with Crippen LogP contribution in [0.25, 0.3) is 11.0 Å². The molecule has 0 N–H and O–H groups in total. The SMILES string of the molecule is Cc1nn(C2CCCCO2)c2ncc(F)cc12.